The maximum absolute atomic E-state index is 9.73. The summed E-state index contributed by atoms with van der Waals surface area (Å²) in [6.45, 7) is 0.557. The quantitative estimate of drug-likeness (QED) is 0.640. The highest BCUT2D eigenvalue weighted by Gasteiger charge is 2.24. The minimum atomic E-state index is -0.259. The van der Waals surface area contributed by atoms with Gasteiger partial charge in [0, 0.05) is 11.6 Å². The van der Waals surface area contributed by atoms with Crippen molar-refractivity contribution in [1.29, 1.82) is 0 Å². The predicted octanol–water partition coefficient (Wildman–Crippen LogP) is 1.79. The summed E-state index contributed by atoms with van der Waals surface area (Å²) in [5.41, 5.74) is 8.25. The monoisotopic (exact) mass is 354 g/mol. The van der Waals surface area contributed by atoms with E-state index in [1.807, 2.05) is 35.1 Å². The summed E-state index contributed by atoms with van der Waals surface area (Å²) < 4.78 is 7.22. The highest BCUT2D eigenvalue weighted by atomic mass is 16.5. The number of nitrogens with zero attached hydrogens (tertiary/aromatic N) is 4. The van der Waals surface area contributed by atoms with Gasteiger partial charge in [-0.3, -0.25) is 4.68 Å². The van der Waals surface area contributed by atoms with Crippen molar-refractivity contribution >= 4 is 22.8 Å². The Hall–Kier alpha value is -2.87. The fraction of sp³-hybridized carbons (Fsp3) is 0.389. The Morgan fingerprint density at radius 2 is 2.15 bits per heavy atom. The summed E-state index contributed by atoms with van der Waals surface area (Å²) in [5, 5.41) is 17.7. The van der Waals surface area contributed by atoms with E-state index in [0.717, 1.165) is 24.2 Å². The molecular weight excluding hydrogens is 332 g/mol. The Bertz CT molecular complexity index is 925. The molecule has 3 aromatic rings. The van der Waals surface area contributed by atoms with E-state index < -0.39 is 0 Å². The van der Waals surface area contributed by atoms with E-state index in [0.29, 0.717) is 29.8 Å². The lowest BCUT2D eigenvalue weighted by atomic mass is 10.2. The number of nitrogens with two attached hydrogens (primary N) is 1. The summed E-state index contributed by atoms with van der Waals surface area (Å²) in [6, 6.07) is 8.00. The molecule has 2 aromatic heterocycles. The van der Waals surface area contributed by atoms with Crippen LogP contribution in [-0.4, -0.2) is 44.1 Å². The highest BCUT2D eigenvalue weighted by molar-refractivity contribution is 5.86. The van der Waals surface area contributed by atoms with E-state index in [4.69, 9.17) is 10.5 Å². The Balaban J connectivity index is 1.65. The average molecular weight is 354 g/mol. The van der Waals surface area contributed by atoms with Gasteiger partial charge in [-0.15, -0.1) is 0 Å². The van der Waals surface area contributed by atoms with Crippen LogP contribution in [0.15, 0.2) is 30.5 Å². The summed E-state index contributed by atoms with van der Waals surface area (Å²) >= 11 is 0. The van der Waals surface area contributed by atoms with Crippen molar-refractivity contribution in [3.8, 4) is 5.75 Å². The molecule has 26 heavy (non-hydrogen) atoms. The Kier molecular flexibility index (Phi) is 4.34. The number of fused-ring (bicyclic) bond motifs is 1. The van der Waals surface area contributed by atoms with Gasteiger partial charge in [0.25, 0.3) is 0 Å². The van der Waals surface area contributed by atoms with Gasteiger partial charge in [0.1, 0.15) is 11.3 Å². The van der Waals surface area contributed by atoms with Crippen LogP contribution in [-0.2, 0) is 6.54 Å². The molecule has 1 saturated carbocycles. The molecule has 4 rings (SSSR count). The zero-order valence-electron chi connectivity index (χ0n) is 14.6. The Morgan fingerprint density at radius 3 is 2.92 bits per heavy atom. The lowest BCUT2D eigenvalue weighted by molar-refractivity contribution is 0.182. The van der Waals surface area contributed by atoms with Gasteiger partial charge in [0.05, 0.1) is 26.0 Å². The average Bonchev–Trinajstić information content (AvgIpc) is 3.21. The second-order valence-electron chi connectivity index (χ2n) is 6.61. The number of hydrogen-bond acceptors (Lipinski definition) is 7. The molecule has 0 aliphatic heterocycles. The molecule has 1 aliphatic rings. The van der Waals surface area contributed by atoms with Crippen LogP contribution in [0.25, 0.3) is 11.0 Å². The van der Waals surface area contributed by atoms with Crippen LogP contribution in [0.3, 0.4) is 0 Å². The first-order chi connectivity index (χ1) is 12.6. The van der Waals surface area contributed by atoms with E-state index in [9.17, 15) is 5.11 Å². The molecule has 8 nitrogen and oxygen atoms in total. The van der Waals surface area contributed by atoms with E-state index in [2.05, 4.69) is 20.4 Å². The number of methoxy groups -OCH3 is 1. The molecule has 0 radical (unpaired) electrons. The molecule has 0 amide bonds. The third-order valence-electron chi connectivity index (χ3n) is 4.70. The number of hydrogen-bond donors (Lipinski definition) is 3. The number of nitrogens with one attached hydrogen (secondary N) is 1. The largest absolute Gasteiger partial charge is 0.496 e. The lowest BCUT2D eigenvalue weighted by Gasteiger charge is -2.13. The molecule has 4 N–H and O–H groups in total. The first-order valence-corrected chi connectivity index (χ1v) is 8.69. The maximum Gasteiger partial charge on any atom is 0.222 e. The van der Waals surface area contributed by atoms with Gasteiger partial charge in [0.15, 0.2) is 11.3 Å². The molecule has 8 heteroatoms. The van der Waals surface area contributed by atoms with Gasteiger partial charge in [-0.05, 0) is 25.3 Å². The molecule has 1 aliphatic carbocycles. The molecule has 0 spiro atoms. The van der Waals surface area contributed by atoms with Gasteiger partial charge in [-0.25, -0.2) is 4.98 Å². The molecule has 0 saturated heterocycles. The zero-order chi connectivity index (χ0) is 18.1. The number of aliphatic hydroxyl groups excluding tert-OH is 1. The minimum Gasteiger partial charge on any atom is -0.496 e. The Labute approximate surface area is 151 Å². The number of para-hydroxylation sites is 1. The third kappa shape index (κ3) is 3.28. The van der Waals surface area contributed by atoms with Crippen molar-refractivity contribution in [3.05, 3.63) is 36.0 Å². The smallest absolute Gasteiger partial charge is 0.222 e. The SMILES string of the molecule is COc1ccccc1Cn1cc2nc(N)nc(N[C@@H]3CC[C@@H](O)C3)c2n1. The van der Waals surface area contributed by atoms with Crippen LogP contribution in [0.5, 0.6) is 5.75 Å². The van der Waals surface area contributed by atoms with Crippen molar-refractivity contribution in [2.75, 3.05) is 18.2 Å². The van der Waals surface area contributed by atoms with Gasteiger partial charge in [-0.2, -0.15) is 10.1 Å². The normalized spacial score (nSPS) is 19.8. The van der Waals surface area contributed by atoms with E-state index in [1.165, 1.54) is 0 Å². The van der Waals surface area contributed by atoms with Crippen LogP contribution < -0.4 is 15.8 Å². The summed E-state index contributed by atoms with van der Waals surface area (Å²) in [6.07, 6.45) is 3.99. The summed E-state index contributed by atoms with van der Waals surface area (Å²) in [5.74, 6) is 1.64. The first kappa shape index (κ1) is 16.6. The number of aliphatic hydroxyl groups is 1. The second-order valence-corrected chi connectivity index (χ2v) is 6.61. The summed E-state index contributed by atoms with van der Waals surface area (Å²) in [4.78, 5) is 8.61. The lowest BCUT2D eigenvalue weighted by Crippen LogP contribution is -2.18. The fourth-order valence-electron chi connectivity index (χ4n) is 3.45. The van der Waals surface area contributed by atoms with Crippen LogP contribution in [0, 0.1) is 0 Å². The minimum absolute atomic E-state index is 0.168. The molecule has 136 valence electrons. The number of anilines is 2. The van der Waals surface area contributed by atoms with Gasteiger partial charge in [-0.1, -0.05) is 18.2 Å². The molecule has 0 unspecified atom stereocenters. The number of rotatable bonds is 5. The van der Waals surface area contributed by atoms with Crippen LogP contribution >= 0.6 is 0 Å². The van der Waals surface area contributed by atoms with Gasteiger partial charge < -0.3 is 20.9 Å². The molecule has 1 fully saturated rings. The number of benzene rings is 1. The topological polar surface area (TPSA) is 111 Å². The molecular formula is C18H22N6O2. The molecule has 1 aromatic carbocycles. The molecule has 2 heterocycles. The van der Waals surface area contributed by atoms with Crippen molar-refractivity contribution in [2.24, 2.45) is 0 Å². The first-order valence-electron chi connectivity index (χ1n) is 8.69. The number of nitrogen functional groups attached to an aromatic ring is 1. The van der Waals surface area contributed by atoms with Crippen molar-refractivity contribution in [3.63, 3.8) is 0 Å². The van der Waals surface area contributed by atoms with E-state index >= 15 is 0 Å². The summed E-state index contributed by atoms with van der Waals surface area (Å²) in [7, 11) is 1.66. The predicted molar refractivity (Wildman–Crippen MR) is 99.1 cm³/mol. The van der Waals surface area contributed by atoms with Crippen molar-refractivity contribution in [1.82, 2.24) is 19.7 Å². The van der Waals surface area contributed by atoms with Crippen molar-refractivity contribution < 1.29 is 9.84 Å². The molecule has 0 bridgehead atoms. The third-order valence-corrected chi connectivity index (χ3v) is 4.70. The van der Waals surface area contributed by atoms with E-state index in [-0.39, 0.29) is 18.1 Å². The fourth-order valence-corrected chi connectivity index (χ4v) is 3.45. The van der Waals surface area contributed by atoms with E-state index in [1.54, 1.807) is 7.11 Å². The standard InChI is InChI=1S/C18H22N6O2/c1-26-15-5-3-2-4-11(15)9-24-10-14-16(23-24)17(22-18(19)21-14)20-12-6-7-13(25)8-12/h2-5,10,12-13,25H,6-9H2,1H3,(H3,19,20,21,22)/t12-,13-/m1/s1. The van der Waals surface area contributed by atoms with Crippen molar-refractivity contribution in [2.45, 2.75) is 38.0 Å². The second kappa shape index (κ2) is 6.80. The van der Waals surface area contributed by atoms with Gasteiger partial charge in [0.2, 0.25) is 5.95 Å². The van der Waals surface area contributed by atoms with Gasteiger partial charge >= 0.3 is 0 Å². The molecule has 2 atom stereocenters. The number of aromatic nitrogens is 4. The zero-order valence-corrected chi connectivity index (χ0v) is 14.6. The van der Waals surface area contributed by atoms with Crippen LogP contribution in [0.4, 0.5) is 11.8 Å². The van der Waals surface area contributed by atoms with Crippen LogP contribution in [0.2, 0.25) is 0 Å². The maximum atomic E-state index is 9.73. The highest BCUT2D eigenvalue weighted by Crippen LogP contribution is 2.27. The Morgan fingerprint density at radius 1 is 1.31 bits per heavy atom. The number of ether oxygens (including phenoxy) is 1. The van der Waals surface area contributed by atoms with Crippen LogP contribution in [0.1, 0.15) is 24.8 Å².